The molecule has 0 aliphatic heterocycles. The molecule has 0 bridgehead atoms. The molecule has 0 radical (unpaired) electrons. The van der Waals surface area contributed by atoms with Crippen LogP contribution in [0.15, 0.2) is 24.3 Å². The van der Waals surface area contributed by atoms with Crippen molar-refractivity contribution in [1.29, 1.82) is 0 Å². The third-order valence-electron chi connectivity index (χ3n) is 1.73. The van der Waals surface area contributed by atoms with E-state index in [2.05, 4.69) is 6.92 Å². The summed E-state index contributed by atoms with van der Waals surface area (Å²) in [5, 5.41) is 0. The number of hydrogen-bond donors (Lipinski definition) is 0. The van der Waals surface area contributed by atoms with Gasteiger partial charge in [-0.2, -0.15) is 0 Å². The van der Waals surface area contributed by atoms with Gasteiger partial charge in [0.25, 0.3) is 0 Å². The molecule has 0 aliphatic rings. The van der Waals surface area contributed by atoms with Crippen LogP contribution >= 0.6 is 0 Å². The number of carbonyl (C=O) groups excluding carboxylic acids is 1. The van der Waals surface area contributed by atoms with Crippen LogP contribution in [0.25, 0.3) is 0 Å². The molecule has 0 fully saturated rings. The molecule has 1 aromatic carbocycles. The Hall–Kier alpha value is -1.31. The number of carbonyl (C=O) groups is 1. The van der Waals surface area contributed by atoms with E-state index in [1.165, 1.54) is 0 Å². The highest BCUT2D eigenvalue weighted by atomic mass is 16.5. The highest BCUT2D eigenvalue weighted by molar-refractivity contribution is 5.94. The Morgan fingerprint density at radius 1 is 1.31 bits per heavy atom. The third-order valence-corrected chi connectivity index (χ3v) is 1.73. The van der Waals surface area contributed by atoms with Gasteiger partial charge in [-0.1, -0.05) is 6.92 Å². The summed E-state index contributed by atoms with van der Waals surface area (Å²) in [5.74, 6) is 0.911. The third kappa shape index (κ3) is 2.90. The Balaban J connectivity index is 2.64. The normalized spacial score (nSPS) is 9.69. The second-order valence-electron chi connectivity index (χ2n) is 2.93. The van der Waals surface area contributed by atoms with Gasteiger partial charge in [-0.05, 0) is 37.6 Å². The van der Waals surface area contributed by atoms with Gasteiger partial charge in [-0.15, -0.1) is 0 Å². The van der Waals surface area contributed by atoms with E-state index in [1.54, 1.807) is 19.1 Å². The average Bonchev–Trinajstić information content (AvgIpc) is 2.15. The minimum absolute atomic E-state index is 0.0852. The summed E-state index contributed by atoms with van der Waals surface area (Å²) in [7, 11) is 0. The highest BCUT2D eigenvalue weighted by Gasteiger charge is 1.98. The number of benzene rings is 1. The lowest BCUT2D eigenvalue weighted by Crippen LogP contribution is -1.96. The smallest absolute Gasteiger partial charge is 0.159 e. The fourth-order valence-electron chi connectivity index (χ4n) is 1.01. The fraction of sp³-hybridized carbons (Fsp3) is 0.364. The van der Waals surface area contributed by atoms with Crippen LogP contribution in [0.3, 0.4) is 0 Å². The molecule has 0 heterocycles. The molecule has 0 aromatic heterocycles. The number of ether oxygens (including phenoxy) is 1. The quantitative estimate of drug-likeness (QED) is 0.662. The molecular formula is C11H14O2. The maximum atomic E-state index is 10.9. The number of rotatable bonds is 4. The maximum Gasteiger partial charge on any atom is 0.159 e. The van der Waals surface area contributed by atoms with Gasteiger partial charge >= 0.3 is 0 Å². The van der Waals surface area contributed by atoms with Crippen molar-refractivity contribution >= 4 is 5.78 Å². The van der Waals surface area contributed by atoms with Gasteiger partial charge < -0.3 is 4.74 Å². The first kappa shape index (κ1) is 9.78. The molecular weight excluding hydrogens is 164 g/mol. The van der Waals surface area contributed by atoms with Crippen LogP contribution in [0, 0.1) is 0 Å². The maximum absolute atomic E-state index is 10.9. The fourth-order valence-corrected chi connectivity index (χ4v) is 1.01. The zero-order chi connectivity index (χ0) is 9.68. The Bertz CT molecular complexity index is 275. The lowest BCUT2D eigenvalue weighted by Gasteiger charge is -2.03. The molecule has 1 rings (SSSR count). The lowest BCUT2D eigenvalue weighted by atomic mass is 10.1. The van der Waals surface area contributed by atoms with E-state index in [9.17, 15) is 4.79 Å². The van der Waals surface area contributed by atoms with E-state index in [0.29, 0.717) is 0 Å². The van der Waals surface area contributed by atoms with Gasteiger partial charge in [0.2, 0.25) is 0 Å². The van der Waals surface area contributed by atoms with Crippen LogP contribution in [0.2, 0.25) is 0 Å². The van der Waals surface area contributed by atoms with E-state index >= 15 is 0 Å². The van der Waals surface area contributed by atoms with Crippen molar-refractivity contribution < 1.29 is 9.53 Å². The summed E-state index contributed by atoms with van der Waals surface area (Å²) in [6.45, 7) is 4.34. The largest absolute Gasteiger partial charge is 0.494 e. The Kier molecular flexibility index (Phi) is 3.50. The molecule has 70 valence electrons. The predicted octanol–water partition coefficient (Wildman–Crippen LogP) is 2.68. The predicted molar refractivity (Wildman–Crippen MR) is 52.2 cm³/mol. The molecule has 0 unspecified atom stereocenters. The molecule has 2 heteroatoms. The SMILES string of the molecule is CCCOc1ccc(C(C)=O)cc1. The average molecular weight is 178 g/mol. The molecule has 2 nitrogen and oxygen atoms in total. The van der Waals surface area contributed by atoms with Gasteiger partial charge in [0.05, 0.1) is 6.61 Å². The van der Waals surface area contributed by atoms with E-state index < -0.39 is 0 Å². The molecule has 0 saturated heterocycles. The second-order valence-corrected chi connectivity index (χ2v) is 2.93. The lowest BCUT2D eigenvalue weighted by molar-refractivity contribution is 0.101. The molecule has 0 amide bonds. The Morgan fingerprint density at radius 2 is 1.92 bits per heavy atom. The first-order valence-electron chi connectivity index (χ1n) is 4.48. The number of hydrogen-bond acceptors (Lipinski definition) is 2. The first-order valence-corrected chi connectivity index (χ1v) is 4.48. The summed E-state index contributed by atoms with van der Waals surface area (Å²) < 4.78 is 5.38. The van der Waals surface area contributed by atoms with Gasteiger partial charge in [-0.25, -0.2) is 0 Å². The van der Waals surface area contributed by atoms with Crippen LogP contribution in [0.4, 0.5) is 0 Å². The van der Waals surface area contributed by atoms with Crippen molar-refractivity contribution in [2.24, 2.45) is 0 Å². The molecule has 0 spiro atoms. The van der Waals surface area contributed by atoms with Crippen LogP contribution < -0.4 is 4.74 Å². The van der Waals surface area contributed by atoms with Crippen molar-refractivity contribution in [2.75, 3.05) is 6.61 Å². The van der Waals surface area contributed by atoms with Gasteiger partial charge in [0.15, 0.2) is 5.78 Å². The molecule has 0 atom stereocenters. The van der Waals surface area contributed by atoms with E-state index in [1.807, 2.05) is 12.1 Å². The zero-order valence-corrected chi connectivity index (χ0v) is 8.04. The van der Waals surface area contributed by atoms with Crippen molar-refractivity contribution in [2.45, 2.75) is 20.3 Å². The number of Topliss-reactive ketones (excluding diaryl/α,β-unsaturated/α-hetero) is 1. The molecule has 0 aliphatic carbocycles. The highest BCUT2D eigenvalue weighted by Crippen LogP contribution is 2.12. The van der Waals surface area contributed by atoms with Crippen LogP contribution in [0.5, 0.6) is 5.75 Å². The van der Waals surface area contributed by atoms with Crippen LogP contribution in [-0.2, 0) is 0 Å². The zero-order valence-electron chi connectivity index (χ0n) is 8.04. The first-order chi connectivity index (χ1) is 6.24. The van der Waals surface area contributed by atoms with E-state index in [4.69, 9.17) is 4.74 Å². The summed E-state index contributed by atoms with van der Waals surface area (Å²) >= 11 is 0. The van der Waals surface area contributed by atoms with Crippen molar-refractivity contribution in [3.8, 4) is 5.75 Å². The Morgan fingerprint density at radius 3 is 2.38 bits per heavy atom. The minimum atomic E-state index is 0.0852. The summed E-state index contributed by atoms with van der Waals surface area (Å²) in [5.41, 5.74) is 0.726. The van der Waals surface area contributed by atoms with Crippen molar-refractivity contribution in [3.05, 3.63) is 29.8 Å². The standard InChI is InChI=1S/C11H14O2/c1-3-8-13-11-6-4-10(5-7-11)9(2)12/h4-7H,3,8H2,1-2H3. The Labute approximate surface area is 78.5 Å². The molecule has 0 N–H and O–H groups in total. The molecule has 0 saturated carbocycles. The monoisotopic (exact) mass is 178 g/mol. The summed E-state index contributed by atoms with van der Waals surface area (Å²) in [6.07, 6.45) is 0.995. The molecule has 13 heavy (non-hydrogen) atoms. The van der Waals surface area contributed by atoms with Crippen molar-refractivity contribution in [1.82, 2.24) is 0 Å². The van der Waals surface area contributed by atoms with E-state index in [0.717, 1.165) is 24.3 Å². The summed E-state index contributed by atoms with van der Waals surface area (Å²) in [4.78, 5) is 10.9. The molecule has 1 aromatic rings. The van der Waals surface area contributed by atoms with E-state index in [-0.39, 0.29) is 5.78 Å². The van der Waals surface area contributed by atoms with Gasteiger partial charge in [0.1, 0.15) is 5.75 Å². The van der Waals surface area contributed by atoms with Crippen molar-refractivity contribution in [3.63, 3.8) is 0 Å². The second kappa shape index (κ2) is 4.65. The van der Waals surface area contributed by atoms with Gasteiger partial charge in [-0.3, -0.25) is 4.79 Å². The van der Waals surface area contributed by atoms with Crippen LogP contribution in [-0.4, -0.2) is 12.4 Å². The summed E-state index contributed by atoms with van der Waals surface area (Å²) in [6, 6.07) is 7.22. The minimum Gasteiger partial charge on any atom is -0.494 e. The number of ketones is 1. The van der Waals surface area contributed by atoms with Crippen LogP contribution in [0.1, 0.15) is 30.6 Å². The topological polar surface area (TPSA) is 26.3 Å². The van der Waals surface area contributed by atoms with Gasteiger partial charge in [0, 0.05) is 5.56 Å².